The summed E-state index contributed by atoms with van der Waals surface area (Å²) in [6, 6.07) is 0. The van der Waals surface area contributed by atoms with Crippen LogP contribution >= 0.6 is 0 Å². The predicted molar refractivity (Wildman–Crippen MR) is 108 cm³/mol. The molecule has 2 N–H and O–H groups in total. The zero-order valence-electron chi connectivity index (χ0n) is 17.7. The molecule has 26 heavy (non-hydrogen) atoms. The maximum atomic E-state index is 12.1. The van der Waals surface area contributed by atoms with Crippen LogP contribution in [0.5, 0.6) is 0 Å². The summed E-state index contributed by atoms with van der Waals surface area (Å²) in [5.41, 5.74) is 3.94. The molecule has 0 saturated heterocycles. The number of imide groups is 1. The van der Waals surface area contributed by atoms with Gasteiger partial charge in [0.25, 0.3) is 0 Å². The molecule has 0 spiro atoms. The van der Waals surface area contributed by atoms with Gasteiger partial charge in [0.1, 0.15) is 0 Å². The molecule has 0 aromatic carbocycles. The Bertz CT molecular complexity index is 576. The first-order valence-corrected chi connectivity index (χ1v) is 9.65. The summed E-state index contributed by atoms with van der Waals surface area (Å²) in [6.45, 7) is 12.0. The van der Waals surface area contributed by atoms with Gasteiger partial charge < -0.3 is 10.2 Å². The van der Waals surface area contributed by atoms with Crippen LogP contribution < -0.4 is 10.6 Å². The van der Waals surface area contributed by atoms with Crippen LogP contribution in [-0.2, 0) is 9.59 Å². The zero-order chi connectivity index (χ0) is 19.9. The van der Waals surface area contributed by atoms with Crippen molar-refractivity contribution in [2.24, 2.45) is 11.3 Å². The van der Waals surface area contributed by atoms with Crippen LogP contribution in [0.4, 0.5) is 0 Å². The zero-order valence-corrected chi connectivity index (χ0v) is 17.7. The molecular formula is C21H37N3O2. The predicted octanol–water partition coefficient (Wildman–Crippen LogP) is 3.24. The molecule has 1 rings (SSSR count). The molecule has 0 aliphatic heterocycles. The van der Waals surface area contributed by atoms with E-state index in [9.17, 15) is 9.59 Å². The minimum atomic E-state index is -0.298. The summed E-state index contributed by atoms with van der Waals surface area (Å²) >= 11 is 0. The average molecular weight is 364 g/mol. The summed E-state index contributed by atoms with van der Waals surface area (Å²) in [7, 11) is 4.16. The SMILES string of the molecule is CNCCC(C)(C)CCN(C)C1=CC(C)=C(C(C)C(=O)NC(C)=O)CC1. The standard InChI is InChI=1S/C21H37N3O2/c1-15-14-18(24(7)13-11-21(4,5)10-12-22-6)8-9-19(15)16(2)20(26)23-17(3)25/h14,16,22H,8-13H2,1-7H3,(H,23,25,26). The molecule has 1 unspecified atom stereocenters. The molecule has 0 aromatic rings. The number of carbonyl (C=O) groups is 2. The van der Waals surface area contributed by atoms with Crippen molar-refractivity contribution in [3.05, 3.63) is 22.9 Å². The lowest BCUT2D eigenvalue weighted by Gasteiger charge is -2.32. The second kappa shape index (κ2) is 9.91. The summed E-state index contributed by atoms with van der Waals surface area (Å²) in [4.78, 5) is 25.6. The number of hydrogen-bond acceptors (Lipinski definition) is 4. The molecule has 148 valence electrons. The van der Waals surface area contributed by atoms with E-state index in [1.54, 1.807) is 0 Å². The molecule has 5 nitrogen and oxygen atoms in total. The number of nitrogens with zero attached hydrogens (tertiary/aromatic N) is 1. The van der Waals surface area contributed by atoms with Gasteiger partial charge in [0.15, 0.2) is 0 Å². The lowest BCUT2D eigenvalue weighted by atomic mass is 9.84. The van der Waals surface area contributed by atoms with Crippen molar-refractivity contribution in [1.29, 1.82) is 0 Å². The van der Waals surface area contributed by atoms with Crippen molar-refractivity contribution in [2.75, 3.05) is 27.2 Å². The van der Waals surface area contributed by atoms with Crippen LogP contribution in [-0.4, -0.2) is 43.9 Å². The monoisotopic (exact) mass is 363 g/mol. The summed E-state index contributed by atoms with van der Waals surface area (Å²) in [5.74, 6) is -0.765. The fourth-order valence-corrected chi connectivity index (χ4v) is 3.38. The molecule has 0 saturated carbocycles. The van der Waals surface area contributed by atoms with E-state index in [0.29, 0.717) is 5.41 Å². The molecule has 0 bridgehead atoms. The van der Waals surface area contributed by atoms with Crippen molar-refractivity contribution < 1.29 is 9.59 Å². The second-order valence-electron chi connectivity index (χ2n) is 8.30. The first-order chi connectivity index (χ1) is 12.1. The maximum absolute atomic E-state index is 12.1. The molecule has 1 aliphatic carbocycles. The van der Waals surface area contributed by atoms with Crippen molar-refractivity contribution in [1.82, 2.24) is 15.5 Å². The highest BCUT2D eigenvalue weighted by Crippen LogP contribution is 2.31. The number of hydrogen-bond donors (Lipinski definition) is 2. The van der Waals surface area contributed by atoms with E-state index in [4.69, 9.17) is 0 Å². The van der Waals surface area contributed by atoms with Gasteiger partial charge in [-0.3, -0.25) is 14.9 Å². The molecule has 2 amide bonds. The minimum Gasteiger partial charge on any atom is -0.378 e. The Kier molecular flexibility index (Phi) is 8.54. The number of nitrogens with one attached hydrogen (secondary N) is 2. The fraction of sp³-hybridized carbons (Fsp3) is 0.714. The van der Waals surface area contributed by atoms with Gasteiger partial charge in [0.05, 0.1) is 5.92 Å². The Hall–Kier alpha value is -1.62. The summed E-state index contributed by atoms with van der Waals surface area (Å²) in [6.07, 6.45) is 6.34. The van der Waals surface area contributed by atoms with Gasteiger partial charge in [0.2, 0.25) is 11.8 Å². The van der Waals surface area contributed by atoms with Gasteiger partial charge >= 0.3 is 0 Å². The Balaban J connectivity index is 2.71. The second-order valence-corrected chi connectivity index (χ2v) is 8.30. The smallest absolute Gasteiger partial charge is 0.233 e. The highest BCUT2D eigenvalue weighted by Gasteiger charge is 2.24. The number of rotatable bonds is 9. The highest BCUT2D eigenvalue weighted by atomic mass is 16.2. The molecule has 0 radical (unpaired) electrons. The molecule has 0 aromatic heterocycles. The van der Waals surface area contributed by atoms with Crippen molar-refractivity contribution in [3.63, 3.8) is 0 Å². The van der Waals surface area contributed by atoms with Crippen molar-refractivity contribution >= 4 is 11.8 Å². The van der Waals surface area contributed by atoms with Crippen molar-refractivity contribution in [2.45, 2.75) is 60.3 Å². The molecule has 0 fully saturated rings. The first-order valence-electron chi connectivity index (χ1n) is 9.65. The molecule has 1 aliphatic rings. The minimum absolute atomic E-state index is 0.205. The Labute approximate surface area is 159 Å². The van der Waals surface area contributed by atoms with E-state index in [1.165, 1.54) is 19.0 Å². The number of carbonyl (C=O) groups excluding carboxylic acids is 2. The fourth-order valence-electron chi connectivity index (χ4n) is 3.38. The van der Waals surface area contributed by atoms with Gasteiger partial charge in [-0.05, 0) is 70.2 Å². The largest absolute Gasteiger partial charge is 0.378 e. The van der Waals surface area contributed by atoms with Crippen LogP contribution in [0.3, 0.4) is 0 Å². The quantitative estimate of drug-likeness (QED) is 0.660. The average Bonchev–Trinajstić information content (AvgIpc) is 2.56. The van der Waals surface area contributed by atoms with Gasteiger partial charge in [-0.2, -0.15) is 0 Å². The van der Waals surface area contributed by atoms with Crippen LogP contribution in [0, 0.1) is 11.3 Å². The van der Waals surface area contributed by atoms with E-state index >= 15 is 0 Å². The summed E-state index contributed by atoms with van der Waals surface area (Å²) < 4.78 is 0. The third kappa shape index (κ3) is 6.94. The van der Waals surface area contributed by atoms with E-state index in [0.717, 1.165) is 43.5 Å². The molecule has 5 heteroatoms. The molecular weight excluding hydrogens is 326 g/mol. The van der Waals surface area contributed by atoms with Crippen molar-refractivity contribution in [3.8, 4) is 0 Å². The first kappa shape index (κ1) is 22.4. The Morgan fingerprint density at radius 2 is 1.92 bits per heavy atom. The third-order valence-electron chi connectivity index (χ3n) is 5.42. The highest BCUT2D eigenvalue weighted by molar-refractivity contribution is 5.96. The van der Waals surface area contributed by atoms with Gasteiger partial charge in [0, 0.05) is 26.2 Å². The lowest BCUT2D eigenvalue weighted by Crippen LogP contribution is -2.34. The van der Waals surface area contributed by atoms with Gasteiger partial charge in [-0.25, -0.2) is 0 Å². The summed E-state index contributed by atoms with van der Waals surface area (Å²) in [5, 5.41) is 5.63. The van der Waals surface area contributed by atoms with Crippen LogP contribution in [0.25, 0.3) is 0 Å². The Morgan fingerprint density at radius 1 is 1.27 bits per heavy atom. The maximum Gasteiger partial charge on any atom is 0.233 e. The normalized spacial score (nSPS) is 16.2. The lowest BCUT2D eigenvalue weighted by molar-refractivity contribution is -0.130. The van der Waals surface area contributed by atoms with Crippen LogP contribution in [0.15, 0.2) is 22.9 Å². The topological polar surface area (TPSA) is 61.4 Å². The van der Waals surface area contributed by atoms with Crippen LogP contribution in [0.1, 0.15) is 60.3 Å². The van der Waals surface area contributed by atoms with Gasteiger partial charge in [-0.15, -0.1) is 0 Å². The Morgan fingerprint density at radius 3 is 2.46 bits per heavy atom. The third-order valence-corrected chi connectivity index (χ3v) is 5.42. The number of amides is 2. The number of allylic oxidation sites excluding steroid dienone is 3. The van der Waals surface area contributed by atoms with Crippen LogP contribution in [0.2, 0.25) is 0 Å². The molecule has 1 atom stereocenters. The van der Waals surface area contributed by atoms with E-state index in [1.807, 2.05) is 14.0 Å². The van der Waals surface area contributed by atoms with Gasteiger partial charge in [-0.1, -0.05) is 19.4 Å². The van der Waals surface area contributed by atoms with E-state index < -0.39 is 0 Å². The molecule has 0 heterocycles. The van der Waals surface area contributed by atoms with E-state index in [2.05, 4.69) is 49.4 Å². The van der Waals surface area contributed by atoms with E-state index in [-0.39, 0.29) is 17.7 Å².